The van der Waals surface area contributed by atoms with Gasteiger partial charge in [0.25, 0.3) is 0 Å². The van der Waals surface area contributed by atoms with Gasteiger partial charge in [-0.25, -0.2) is 9.78 Å². The van der Waals surface area contributed by atoms with Crippen molar-refractivity contribution >= 4 is 17.3 Å². The molecule has 0 saturated carbocycles. The molecular weight excluding hydrogens is 362 g/mol. The largest absolute Gasteiger partial charge is 0.491 e. The maximum Gasteiger partial charge on any atom is 0.338 e. The Kier molecular flexibility index (Phi) is 6.96. The van der Waals surface area contributed by atoms with Crippen LogP contribution in [0.15, 0.2) is 65.5 Å². The number of thiazole rings is 1. The van der Waals surface area contributed by atoms with Gasteiger partial charge in [0.05, 0.1) is 22.9 Å². The zero-order chi connectivity index (χ0) is 18.9. The molecule has 0 N–H and O–H groups in total. The van der Waals surface area contributed by atoms with Crippen LogP contribution in [0.4, 0.5) is 0 Å². The first-order valence-corrected chi connectivity index (χ1v) is 9.52. The molecule has 0 amide bonds. The van der Waals surface area contributed by atoms with E-state index in [1.165, 1.54) is 0 Å². The topological polar surface area (TPSA) is 57.7 Å². The molecular formula is C21H21NO4S. The lowest BCUT2D eigenvalue weighted by Gasteiger charge is -2.15. The molecule has 3 rings (SSSR count). The maximum absolute atomic E-state index is 12.1. The number of carbonyl (C=O) groups is 1. The van der Waals surface area contributed by atoms with Crippen LogP contribution in [0.3, 0.4) is 0 Å². The first-order chi connectivity index (χ1) is 13.2. The number of carbonyl (C=O) groups excluding carboxylic acids is 1. The van der Waals surface area contributed by atoms with Crippen molar-refractivity contribution < 1.29 is 19.0 Å². The fourth-order valence-electron chi connectivity index (χ4n) is 2.46. The lowest BCUT2D eigenvalue weighted by Crippen LogP contribution is -2.23. The number of nitrogens with zero attached hydrogens (tertiary/aromatic N) is 1. The number of methoxy groups -OCH3 is 1. The Morgan fingerprint density at radius 2 is 1.89 bits per heavy atom. The van der Waals surface area contributed by atoms with Crippen LogP contribution in [0.2, 0.25) is 0 Å². The molecule has 1 heterocycles. The summed E-state index contributed by atoms with van der Waals surface area (Å²) >= 11 is 1.56. The second-order valence-corrected chi connectivity index (χ2v) is 6.66. The number of hydrogen-bond acceptors (Lipinski definition) is 6. The molecule has 1 aromatic heterocycles. The molecule has 140 valence electrons. The summed E-state index contributed by atoms with van der Waals surface area (Å²) in [7, 11) is 1.66. The molecule has 3 aromatic rings. The van der Waals surface area contributed by atoms with Crippen molar-refractivity contribution in [1.29, 1.82) is 0 Å². The van der Waals surface area contributed by atoms with E-state index in [1.54, 1.807) is 48.2 Å². The van der Waals surface area contributed by atoms with Gasteiger partial charge in [0.2, 0.25) is 0 Å². The van der Waals surface area contributed by atoms with E-state index in [0.29, 0.717) is 24.3 Å². The molecule has 5 nitrogen and oxygen atoms in total. The van der Waals surface area contributed by atoms with E-state index < -0.39 is 0 Å². The summed E-state index contributed by atoms with van der Waals surface area (Å²) in [6.45, 7) is 0.663. The van der Waals surface area contributed by atoms with Gasteiger partial charge in [-0.15, -0.1) is 11.3 Å². The molecule has 0 aliphatic rings. The molecule has 6 heteroatoms. The fourth-order valence-corrected chi connectivity index (χ4v) is 3.04. The average molecular weight is 383 g/mol. The Labute approximate surface area is 162 Å². The molecule has 0 aliphatic heterocycles. The molecule has 0 aliphatic carbocycles. The highest BCUT2D eigenvalue weighted by molar-refractivity contribution is 7.07. The van der Waals surface area contributed by atoms with Crippen molar-refractivity contribution in [2.75, 3.05) is 13.7 Å². The lowest BCUT2D eigenvalue weighted by atomic mass is 10.2. The van der Waals surface area contributed by atoms with Crippen LogP contribution in [0.1, 0.15) is 21.6 Å². The quantitative estimate of drug-likeness (QED) is 0.520. The zero-order valence-corrected chi connectivity index (χ0v) is 15.9. The summed E-state index contributed by atoms with van der Waals surface area (Å²) in [6, 6.07) is 16.5. The van der Waals surface area contributed by atoms with Gasteiger partial charge < -0.3 is 14.2 Å². The standard InChI is InChI=1S/C21H21NO4S/c1-24-20(11-18-14-27-15-22-18)13-25-19-9-7-17(8-10-19)21(23)26-12-16-5-3-2-4-6-16/h2-10,14-15,20H,11-13H2,1H3. The number of benzene rings is 2. The van der Waals surface area contributed by atoms with E-state index in [1.807, 2.05) is 35.7 Å². The second-order valence-electron chi connectivity index (χ2n) is 5.94. The first kappa shape index (κ1) is 19.1. The summed E-state index contributed by atoms with van der Waals surface area (Å²) in [4.78, 5) is 16.4. The van der Waals surface area contributed by atoms with E-state index >= 15 is 0 Å². The van der Waals surface area contributed by atoms with Crippen molar-refractivity contribution in [3.05, 3.63) is 82.3 Å². The van der Waals surface area contributed by atoms with E-state index in [2.05, 4.69) is 4.98 Å². The number of esters is 1. The Balaban J connectivity index is 1.48. The third kappa shape index (κ3) is 5.91. The molecule has 0 saturated heterocycles. The second kappa shape index (κ2) is 9.85. The van der Waals surface area contributed by atoms with Crippen molar-refractivity contribution in [3.8, 4) is 5.75 Å². The number of ether oxygens (including phenoxy) is 3. The van der Waals surface area contributed by atoms with Gasteiger partial charge in [-0.3, -0.25) is 0 Å². The highest BCUT2D eigenvalue weighted by Gasteiger charge is 2.12. The fraction of sp³-hybridized carbons (Fsp3) is 0.238. The van der Waals surface area contributed by atoms with Crippen molar-refractivity contribution in [2.45, 2.75) is 19.1 Å². The lowest BCUT2D eigenvalue weighted by molar-refractivity contribution is 0.0472. The van der Waals surface area contributed by atoms with Gasteiger partial charge in [0.15, 0.2) is 0 Å². The molecule has 0 bridgehead atoms. The first-order valence-electron chi connectivity index (χ1n) is 8.58. The smallest absolute Gasteiger partial charge is 0.338 e. The van der Waals surface area contributed by atoms with E-state index in [-0.39, 0.29) is 18.7 Å². The Morgan fingerprint density at radius 1 is 1.11 bits per heavy atom. The van der Waals surface area contributed by atoms with E-state index in [9.17, 15) is 4.79 Å². The monoisotopic (exact) mass is 383 g/mol. The van der Waals surface area contributed by atoms with Crippen LogP contribution in [-0.2, 0) is 22.5 Å². The van der Waals surface area contributed by atoms with E-state index in [4.69, 9.17) is 14.2 Å². The van der Waals surface area contributed by atoms with Crippen LogP contribution in [-0.4, -0.2) is 30.8 Å². The van der Waals surface area contributed by atoms with Gasteiger partial charge in [-0.2, -0.15) is 0 Å². The SMILES string of the molecule is COC(COc1ccc(C(=O)OCc2ccccc2)cc1)Cc1cscn1. The number of rotatable bonds is 9. The van der Waals surface area contributed by atoms with Gasteiger partial charge in [0.1, 0.15) is 19.0 Å². The van der Waals surface area contributed by atoms with Crippen molar-refractivity contribution in [1.82, 2.24) is 4.98 Å². The Morgan fingerprint density at radius 3 is 2.56 bits per heavy atom. The maximum atomic E-state index is 12.1. The highest BCUT2D eigenvalue weighted by atomic mass is 32.1. The van der Waals surface area contributed by atoms with Crippen molar-refractivity contribution in [3.63, 3.8) is 0 Å². The summed E-state index contributed by atoms with van der Waals surface area (Å²) in [5, 5.41) is 2.00. The highest BCUT2D eigenvalue weighted by Crippen LogP contribution is 2.15. The molecule has 2 aromatic carbocycles. The third-order valence-corrected chi connectivity index (χ3v) is 4.63. The summed E-state index contributed by atoms with van der Waals surface area (Å²) in [5.74, 6) is 0.318. The van der Waals surface area contributed by atoms with Crippen LogP contribution in [0.5, 0.6) is 5.75 Å². The predicted octanol–water partition coefficient (Wildman–Crippen LogP) is 4.14. The van der Waals surface area contributed by atoms with Crippen LogP contribution in [0, 0.1) is 0 Å². The molecule has 1 unspecified atom stereocenters. The average Bonchev–Trinajstić information content (AvgIpc) is 3.23. The minimum atomic E-state index is -0.358. The molecule has 0 spiro atoms. The summed E-state index contributed by atoms with van der Waals surface area (Å²) in [6.07, 6.45) is 0.617. The number of aromatic nitrogens is 1. The zero-order valence-electron chi connectivity index (χ0n) is 15.0. The third-order valence-electron chi connectivity index (χ3n) is 3.99. The molecule has 0 fully saturated rings. The van der Waals surface area contributed by atoms with Crippen LogP contribution >= 0.6 is 11.3 Å². The Bertz CT molecular complexity index is 819. The minimum absolute atomic E-state index is 0.0809. The van der Waals surface area contributed by atoms with Crippen molar-refractivity contribution in [2.24, 2.45) is 0 Å². The van der Waals surface area contributed by atoms with E-state index in [0.717, 1.165) is 11.3 Å². The van der Waals surface area contributed by atoms with Gasteiger partial charge in [-0.1, -0.05) is 30.3 Å². The van der Waals surface area contributed by atoms with Crippen LogP contribution in [0.25, 0.3) is 0 Å². The van der Waals surface area contributed by atoms with Gasteiger partial charge in [0, 0.05) is 18.9 Å². The summed E-state index contributed by atoms with van der Waals surface area (Å²) in [5.41, 5.74) is 4.24. The van der Waals surface area contributed by atoms with Crippen LogP contribution < -0.4 is 4.74 Å². The molecule has 27 heavy (non-hydrogen) atoms. The predicted molar refractivity (Wildman–Crippen MR) is 104 cm³/mol. The molecule has 0 radical (unpaired) electrons. The van der Waals surface area contributed by atoms with Gasteiger partial charge in [-0.05, 0) is 29.8 Å². The van der Waals surface area contributed by atoms with Gasteiger partial charge >= 0.3 is 5.97 Å². The summed E-state index contributed by atoms with van der Waals surface area (Å²) < 4.78 is 16.5. The molecule has 1 atom stereocenters. The minimum Gasteiger partial charge on any atom is -0.491 e. The number of hydrogen-bond donors (Lipinski definition) is 0. The Hall–Kier alpha value is -2.70. The normalized spacial score (nSPS) is 11.7.